The van der Waals surface area contributed by atoms with E-state index in [2.05, 4.69) is 16.8 Å². The van der Waals surface area contributed by atoms with Crippen molar-refractivity contribution in [3.8, 4) is 0 Å². The number of benzene rings is 1. The summed E-state index contributed by atoms with van der Waals surface area (Å²) in [5, 5.41) is 0. The molecule has 0 radical (unpaired) electrons. The average Bonchev–Trinajstić information content (AvgIpc) is 2.74. The maximum absolute atomic E-state index is 13.0. The normalized spacial score (nSPS) is 21.3. The van der Waals surface area contributed by atoms with Crippen molar-refractivity contribution < 1.29 is 13.9 Å². The van der Waals surface area contributed by atoms with E-state index in [1.807, 2.05) is 35.2 Å². The molecule has 2 aliphatic rings. The summed E-state index contributed by atoms with van der Waals surface area (Å²) in [7, 11) is 0. The third-order valence-corrected chi connectivity index (χ3v) is 5.96. The van der Waals surface area contributed by atoms with Gasteiger partial charge in [-0.25, -0.2) is 4.39 Å². The van der Waals surface area contributed by atoms with Gasteiger partial charge in [0.2, 0.25) is 0 Å². The quantitative estimate of drug-likeness (QED) is 0.739. The first-order chi connectivity index (χ1) is 14.0. The number of pyridine rings is 1. The molecule has 7 heteroatoms. The molecule has 1 spiro atoms. The fourth-order valence-electron chi connectivity index (χ4n) is 4.43. The van der Waals surface area contributed by atoms with Crippen molar-refractivity contribution in [1.82, 2.24) is 14.8 Å². The van der Waals surface area contributed by atoms with Crippen molar-refractivity contribution in [1.29, 1.82) is 0 Å². The Labute approximate surface area is 183 Å². The van der Waals surface area contributed by atoms with Crippen LogP contribution >= 0.6 is 12.4 Å². The van der Waals surface area contributed by atoms with E-state index in [1.165, 1.54) is 12.3 Å². The molecule has 2 aliphatic heterocycles. The second-order valence-corrected chi connectivity index (χ2v) is 8.22. The van der Waals surface area contributed by atoms with Crippen molar-refractivity contribution in [2.75, 3.05) is 32.7 Å². The lowest BCUT2D eigenvalue weighted by atomic mass is 9.88. The molecule has 2 saturated heterocycles. The molecular weight excluding hydrogens is 405 g/mol. The highest BCUT2D eigenvalue weighted by molar-refractivity contribution is 5.94. The zero-order chi connectivity index (χ0) is 20.3. The van der Waals surface area contributed by atoms with E-state index in [1.54, 1.807) is 6.07 Å². The minimum atomic E-state index is -0.299. The van der Waals surface area contributed by atoms with Gasteiger partial charge in [-0.1, -0.05) is 18.2 Å². The molecule has 2 aromatic rings. The number of likely N-dealkylation sites (tertiary alicyclic amines) is 1. The number of piperidine rings is 1. The summed E-state index contributed by atoms with van der Waals surface area (Å²) in [6.45, 7) is 6.10. The van der Waals surface area contributed by atoms with E-state index in [0.717, 1.165) is 50.2 Å². The Morgan fingerprint density at radius 3 is 2.60 bits per heavy atom. The molecule has 5 nitrogen and oxygen atoms in total. The highest BCUT2D eigenvalue weighted by Gasteiger charge is 2.43. The topological polar surface area (TPSA) is 45.7 Å². The molecule has 3 heterocycles. The van der Waals surface area contributed by atoms with Crippen LogP contribution in [-0.4, -0.2) is 65.1 Å². The van der Waals surface area contributed by atoms with Crippen molar-refractivity contribution in [2.24, 2.45) is 0 Å². The van der Waals surface area contributed by atoms with Gasteiger partial charge >= 0.3 is 0 Å². The van der Waals surface area contributed by atoms with Crippen molar-refractivity contribution in [3.05, 3.63) is 65.7 Å². The minimum absolute atomic E-state index is 0. The van der Waals surface area contributed by atoms with Gasteiger partial charge in [0.15, 0.2) is 0 Å². The number of ether oxygens (including phenoxy) is 1. The van der Waals surface area contributed by atoms with Gasteiger partial charge in [-0.2, -0.15) is 0 Å². The van der Waals surface area contributed by atoms with E-state index in [9.17, 15) is 9.18 Å². The molecule has 0 aliphatic carbocycles. The lowest BCUT2D eigenvalue weighted by Crippen LogP contribution is -2.60. The van der Waals surface area contributed by atoms with E-state index in [0.29, 0.717) is 13.1 Å². The van der Waals surface area contributed by atoms with Crippen LogP contribution in [0.15, 0.2) is 48.7 Å². The molecule has 1 aromatic heterocycles. The van der Waals surface area contributed by atoms with E-state index in [4.69, 9.17) is 4.74 Å². The Morgan fingerprint density at radius 2 is 1.93 bits per heavy atom. The summed E-state index contributed by atoms with van der Waals surface area (Å²) in [6, 6.07) is 12.7. The first-order valence-electron chi connectivity index (χ1n) is 10.4. The van der Waals surface area contributed by atoms with Crippen molar-refractivity contribution >= 4 is 18.3 Å². The van der Waals surface area contributed by atoms with E-state index in [-0.39, 0.29) is 35.8 Å². The summed E-state index contributed by atoms with van der Waals surface area (Å²) in [4.78, 5) is 21.5. The smallest absolute Gasteiger partial charge is 0.254 e. The van der Waals surface area contributed by atoms with Gasteiger partial charge in [0.05, 0.1) is 24.4 Å². The average molecular weight is 434 g/mol. The maximum atomic E-state index is 13.0. The zero-order valence-electron chi connectivity index (χ0n) is 17.3. The number of hydrogen-bond donors (Lipinski definition) is 0. The Hall–Kier alpha value is -2.02. The molecular formula is C23H29ClFN3O2. The molecule has 0 saturated carbocycles. The number of halogens is 2. The standard InChI is InChI=1S/C23H28FN3O2.ClH/c1-18-16-27(22(28)19-5-3-2-4-6-19)17-23(29-18)10-13-26(14-11-23)12-9-21-8-7-20(24)15-25-21;/h2-8,15,18H,9-14,16-17H2,1H3;1H. The van der Waals surface area contributed by atoms with Crippen LogP contribution in [0.25, 0.3) is 0 Å². The third-order valence-electron chi connectivity index (χ3n) is 5.96. The second kappa shape index (κ2) is 9.86. The molecule has 1 atom stereocenters. The summed E-state index contributed by atoms with van der Waals surface area (Å²) in [5.74, 6) is -0.211. The molecule has 0 bridgehead atoms. The number of nitrogens with zero attached hydrogens (tertiary/aromatic N) is 3. The SMILES string of the molecule is CC1CN(C(=O)c2ccccc2)CC2(CCN(CCc3ccc(F)cn3)CC2)O1.Cl. The van der Waals surface area contributed by atoms with Gasteiger partial charge in [-0.05, 0) is 44.0 Å². The van der Waals surface area contributed by atoms with Gasteiger partial charge in [-0.15, -0.1) is 12.4 Å². The van der Waals surface area contributed by atoms with Gasteiger partial charge in [-0.3, -0.25) is 9.78 Å². The van der Waals surface area contributed by atoms with Gasteiger partial charge in [0.25, 0.3) is 5.91 Å². The Kier molecular flexibility index (Phi) is 7.45. The Bertz CT molecular complexity index is 826. The number of morpholine rings is 1. The molecule has 162 valence electrons. The van der Waals surface area contributed by atoms with E-state index < -0.39 is 0 Å². The van der Waals surface area contributed by atoms with Crippen LogP contribution in [-0.2, 0) is 11.2 Å². The molecule has 30 heavy (non-hydrogen) atoms. The Balaban J connectivity index is 0.00000256. The molecule has 1 amide bonds. The lowest BCUT2D eigenvalue weighted by Gasteiger charge is -2.49. The number of amides is 1. The number of carbonyl (C=O) groups is 1. The fourth-order valence-corrected chi connectivity index (χ4v) is 4.43. The van der Waals surface area contributed by atoms with Gasteiger partial charge in [0, 0.05) is 43.9 Å². The molecule has 1 unspecified atom stereocenters. The van der Waals surface area contributed by atoms with E-state index >= 15 is 0 Å². The summed E-state index contributed by atoms with van der Waals surface area (Å²) >= 11 is 0. The van der Waals surface area contributed by atoms with Crippen LogP contribution in [0, 0.1) is 5.82 Å². The van der Waals surface area contributed by atoms with Crippen LogP contribution in [0.5, 0.6) is 0 Å². The molecule has 4 rings (SSSR count). The van der Waals surface area contributed by atoms with Crippen LogP contribution < -0.4 is 0 Å². The second-order valence-electron chi connectivity index (χ2n) is 8.22. The third kappa shape index (κ3) is 5.36. The number of aromatic nitrogens is 1. The van der Waals surface area contributed by atoms with Gasteiger partial charge in [0.1, 0.15) is 5.82 Å². The Morgan fingerprint density at radius 1 is 1.20 bits per heavy atom. The monoisotopic (exact) mass is 433 g/mol. The van der Waals surface area contributed by atoms with Crippen LogP contribution in [0.1, 0.15) is 35.8 Å². The van der Waals surface area contributed by atoms with Crippen molar-refractivity contribution in [3.63, 3.8) is 0 Å². The lowest BCUT2D eigenvalue weighted by molar-refractivity contribution is -0.161. The van der Waals surface area contributed by atoms with Crippen LogP contribution in [0.2, 0.25) is 0 Å². The van der Waals surface area contributed by atoms with Crippen LogP contribution in [0.4, 0.5) is 4.39 Å². The van der Waals surface area contributed by atoms with Gasteiger partial charge < -0.3 is 14.5 Å². The summed E-state index contributed by atoms with van der Waals surface area (Å²) < 4.78 is 19.4. The van der Waals surface area contributed by atoms with Crippen LogP contribution in [0.3, 0.4) is 0 Å². The highest BCUT2D eigenvalue weighted by atomic mass is 35.5. The fraction of sp³-hybridized carbons (Fsp3) is 0.478. The zero-order valence-corrected chi connectivity index (χ0v) is 18.1. The number of hydrogen-bond acceptors (Lipinski definition) is 4. The maximum Gasteiger partial charge on any atom is 0.254 e. The summed E-state index contributed by atoms with van der Waals surface area (Å²) in [6.07, 6.45) is 3.94. The van der Waals surface area contributed by atoms with Crippen molar-refractivity contribution in [2.45, 2.75) is 37.9 Å². The minimum Gasteiger partial charge on any atom is -0.368 e. The predicted molar refractivity (Wildman–Crippen MR) is 116 cm³/mol. The first-order valence-corrected chi connectivity index (χ1v) is 10.4. The predicted octanol–water partition coefficient (Wildman–Crippen LogP) is 3.58. The first kappa shape index (κ1) is 22.7. The molecule has 1 aromatic carbocycles. The number of rotatable bonds is 4. The summed E-state index contributed by atoms with van der Waals surface area (Å²) in [5.41, 5.74) is 1.39. The number of carbonyl (C=O) groups excluding carboxylic acids is 1. The molecule has 2 fully saturated rings. The molecule has 0 N–H and O–H groups in total. The largest absolute Gasteiger partial charge is 0.368 e. The highest BCUT2D eigenvalue weighted by Crippen LogP contribution is 2.33.